The van der Waals surface area contributed by atoms with Gasteiger partial charge in [-0.3, -0.25) is 0 Å². The summed E-state index contributed by atoms with van der Waals surface area (Å²) in [7, 11) is 0. The highest BCUT2D eigenvalue weighted by atomic mass is 17.3. The van der Waals surface area contributed by atoms with E-state index in [-0.39, 0.29) is 18.4 Å². The Morgan fingerprint density at radius 3 is 2.59 bits per heavy atom. The molecule has 0 radical (unpaired) electrons. The first-order chi connectivity index (χ1) is 13.8. The molecule has 29 heavy (non-hydrogen) atoms. The van der Waals surface area contributed by atoms with E-state index in [4.69, 9.17) is 24.0 Å². The maximum Gasteiger partial charge on any atom is 0.201 e. The summed E-state index contributed by atoms with van der Waals surface area (Å²) >= 11 is 0. The van der Waals surface area contributed by atoms with Crippen molar-refractivity contribution in [2.45, 2.75) is 90.4 Å². The number of aliphatic hydroxyl groups excluding tert-OH is 1. The lowest BCUT2D eigenvalue weighted by atomic mass is 9.58. The van der Waals surface area contributed by atoms with E-state index in [9.17, 15) is 5.11 Å². The van der Waals surface area contributed by atoms with Gasteiger partial charge < -0.3 is 24.2 Å². The van der Waals surface area contributed by atoms with Gasteiger partial charge in [-0.2, -0.15) is 0 Å². The van der Waals surface area contributed by atoms with Gasteiger partial charge >= 0.3 is 0 Å². The Balaban J connectivity index is 1.49. The summed E-state index contributed by atoms with van der Waals surface area (Å²) in [6.45, 7) is 13.3. The summed E-state index contributed by atoms with van der Waals surface area (Å²) in [4.78, 5) is 14.2. The molecule has 1 N–H and O–H groups in total. The van der Waals surface area contributed by atoms with Crippen LogP contribution in [0.4, 0.5) is 0 Å². The second-order valence-electron chi connectivity index (χ2n) is 9.75. The van der Waals surface area contributed by atoms with E-state index < -0.39 is 30.1 Å². The van der Waals surface area contributed by atoms with Gasteiger partial charge in [-0.15, -0.1) is 0 Å². The van der Waals surface area contributed by atoms with Crippen LogP contribution in [0.3, 0.4) is 0 Å². The number of hydrogen-bond acceptors (Lipinski definition) is 7. The summed E-state index contributed by atoms with van der Waals surface area (Å²) in [5.41, 5.74) is -0.563. The quantitative estimate of drug-likeness (QED) is 0.644. The molecule has 2 bridgehead atoms. The summed E-state index contributed by atoms with van der Waals surface area (Å²) in [6.07, 6.45) is 2.60. The zero-order valence-corrected chi connectivity index (χ0v) is 18.6. The van der Waals surface area contributed by atoms with Crippen LogP contribution in [0.2, 0.25) is 0 Å². The van der Waals surface area contributed by atoms with Crippen molar-refractivity contribution in [3.63, 3.8) is 0 Å². The van der Waals surface area contributed by atoms with E-state index in [0.29, 0.717) is 18.4 Å². The minimum Gasteiger partial charge on any atom is -0.389 e. The molecule has 0 aromatic heterocycles. The lowest BCUT2D eigenvalue weighted by Gasteiger charge is -2.60. The zero-order chi connectivity index (χ0) is 20.8. The Morgan fingerprint density at radius 2 is 1.86 bits per heavy atom. The topological polar surface area (TPSA) is 69.6 Å². The molecule has 9 atom stereocenters. The second kappa shape index (κ2) is 8.34. The Hall–Kier alpha value is -0.280. The SMILES string of the molecule is CCN(CC)CC(O)CO[C@H]1O[C@@H]2O[C@@]3(C)CC[C@H]4[C@H](C)CC[C@@H]([C@H]1C)[C@@]24OO3. The van der Waals surface area contributed by atoms with Gasteiger partial charge in [0.25, 0.3) is 0 Å². The lowest BCUT2D eigenvalue weighted by molar-refractivity contribution is -0.577. The predicted octanol–water partition coefficient (Wildman–Crippen LogP) is 2.91. The van der Waals surface area contributed by atoms with E-state index in [0.717, 1.165) is 32.4 Å². The van der Waals surface area contributed by atoms with Gasteiger partial charge in [0.15, 0.2) is 18.2 Å². The van der Waals surface area contributed by atoms with Crippen molar-refractivity contribution in [3.8, 4) is 0 Å². The first-order valence-corrected chi connectivity index (χ1v) is 11.5. The van der Waals surface area contributed by atoms with Crippen molar-refractivity contribution in [3.05, 3.63) is 0 Å². The molecule has 1 saturated carbocycles. The van der Waals surface area contributed by atoms with Crippen molar-refractivity contribution in [2.75, 3.05) is 26.2 Å². The molecule has 0 aromatic rings. The maximum atomic E-state index is 10.4. The molecule has 168 valence electrons. The third-order valence-corrected chi connectivity index (χ3v) is 7.91. The maximum absolute atomic E-state index is 10.4. The van der Waals surface area contributed by atoms with Crippen LogP contribution in [0.25, 0.3) is 0 Å². The molecule has 4 heterocycles. The van der Waals surface area contributed by atoms with Crippen molar-refractivity contribution < 1.29 is 29.1 Å². The van der Waals surface area contributed by atoms with Gasteiger partial charge in [0.2, 0.25) is 5.79 Å². The number of fused-ring (bicyclic) bond motifs is 2. The number of hydrogen-bond donors (Lipinski definition) is 1. The lowest BCUT2D eigenvalue weighted by Crippen LogP contribution is -2.70. The van der Waals surface area contributed by atoms with Crippen LogP contribution in [-0.2, 0) is 24.0 Å². The minimum absolute atomic E-state index is 0.136. The van der Waals surface area contributed by atoms with E-state index in [1.165, 1.54) is 6.42 Å². The van der Waals surface area contributed by atoms with E-state index in [1.54, 1.807) is 0 Å². The fourth-order valence-corrected chi connectivity index (χ4v) is 6.10. The van der Waals surface area contributed by atoms with Crippen LogP contribution >= 0.6 is 0 Å². The third kappa shape index (κ3) is 3.77. The average Bonchev–Trinajstić information content (AvgIpc) is 2.93. The molecule has 4 saturated heterocycles. The van der Waals surface area contributed by atoms with Crippen LogP contribution in [0.1, 0.15) is 60.3 Å². The number of aliphatic hydroxyl groups is 1. The average molecular weight is 414 g/mol. The Kier molecular flexibility index (Phi) is 6.31. The molecule has 1 spiro atoms. The molecule has 0 amide bonds. The van der Waals surface area contributed by atoms with Gasteiger partial charge in [-0.05, 0) is 51.1 Å². The Morgan fingerprint density at radius 1 is 1.10 bits per heavy atom. The molecule has 4 aliphatic heterocycles. The first kappa shape index (κ1) is 21.9. The van der Waals surface area contributed by atoms with Gasteiger partial charge in [-0.25, -0.2) is 9.78 Å². The number of likely N-dealkylation sites (N-methyl/N-ethyl adjacent to an activating group) is 1. The van der Waals surface area contributed by atoms with Gasteiger partial charge in [0.05, 0.1) is 12.7 Å². The largest absolute Gasteiger partial charge is 0.389 e. The van der Waals surface area contributed by atoms with Crippen LogP contribution in [0, 0.1) is 23.7 Å². The number of nitrogens with zero attached hydrogens (tertiary/aromatic N) is 1. The highest BCUT2D eigenvalue weighted by Crippen LogP contribution is 2.60. The third-order valence-electron chi connectivity index (χ3n) is 7.91. The zero-order valence-electron chi connectivity index (χ0n) is 18.6. The molecule has 5 aliphatic rings. The van der Waals surface area contributed by atoms with Gasteiger partial charge in [0.1, 0.15) is 0 Å². The summed E-state index contributed by atoms with van der Waals surface area (Å²) in [5.74, 6) is 0.509. The van der Waals surface area contributed by atoms with Crippen molar-refractivity contribution in [2.24, 2.45) is 23.7 Å². The number of ether oxygens (including phenoxy) is 3. The van der Waals surface area contributed by atoms with Gasteiger partial charge in [0, 0.05) is 24.8 Å². The first-order valence-electron chi connectivity index (χ1n) is 11.5. The summed E-state index contributed by atoms with van der Waals surface area (Å²) in [5, 5.41) is 10.4. The monoisotopic (exact) mass is 413 g/mol. The number of rotatable bonds is 7. The molecule has 0 aromatic carbocycles. The molecule has 1 unspecified atom stereocenters. The Labute approximate surface area is 174 Å². The minimum atomic E-state index is -0.773. The van der Waals surface area contributed by atoms with E-state index >= 15 is 0 Å². The highest BCUT2D eigenvalue weighted by Gasteiger charge is 2.69. The Bertz CT molecular complexity index is 574. The summed E-state index contributed by atoms with van der Waals surface area (Å²) in [6, 6.07) is 0. The van der Waals surface area contributed by atoms with Crippen LogP contribution in [0.5, 0.6) is 0 Å². The van der Waals surface area contributed by atoms with Crippen molar-refractivity contribution in [1.82, 2.24) is 4.90 Å². The fraction of sp³-hybridized carbons (Fsp3) is 1.00. The molecule has 5 fully saturated rings. The molecular weight excluding hydrogens is 374 g/mol. The van der Waals surface area contributed by atoms with Crippen molar-refractivity contribution >= 4 is 0 Å². The molecule has 5 rings (SSSR count). The van der Waals surface area contributed by atoms with Crippen LogP contribution in [-0.4, -0.2) is 66.3 Å². The standard InChI is InChI=1S/C22H39NO6/c1-6-23(7-2)12-16(24)13-25-19-15(4)18-9-8-14(3)17-10-11-21(5)27-20(26-19)22(17,18)29-28-21/h14-20,24H,6-13H2,1-5H3/t14-,15-,16?,17+,18+,19+,20-,21-,22-/m1/s1. The molecular formula is C22H39NO6. The van der Waals surface area contributed by atoms with Gasteiger partial charge in [-0.1, -0.05) is 27.7 Å². The fourth-order valence-electron chi connectivity index (χ4n) is 6.10. The normalized spacial score (nSPS) is 47.7. The second-order valence-corrected chi connectivity index (χ2v) is 9.75. The molecule has 7 heteroatoms. The van der Waals surface area contributed by atoms with E-state index in [1.807, 2.05) is 6.92 Å². The summed E-state index contributed by atoms with van der Waals surface area (Å²) < 4.78 is 18.8. The molecule has 1 aliphatic carbocycles. The predicted molar refractivity (Wildman–Crippen MR) is 107 cm³/mol. The molecule has 7 nitrogen and oxygen atoms in total. The van der Waals surface area contributed by atoms with E-state index in [2.05, 4.69) is 32.6 Å². The highest BCUT2D eigenvalue weighted by molar-refractivity contribution is 5.09. The smallest absolute Gasteiger partial charge is 0.201 e. The van der Waals surface area contributed by atoms with Crippen LogP contribution in [0.15, 0.2) is 0 Å². The van der Waals surface area contributed by atoms with Crippen LogP contribution < -0.4 is 0 Å². The van der Waals surface area contributed by atoms with Crippen molar-refractivity contribution in [1.29, 1.82) is 0 Å².